The highest BCUT2D eigenvalue weighted by Gasteiger charge is 2.52. The van der Waals surface area contributed by atoms with E-state index < -0.39 is 0 Å². The minimum atomic E-state index is -0.242. The van der Waals surface area contributed by atoms with Gasteiger partial charge in [0.05, 0.1) is 13.0 Å². The number of carbonyl (C=O) groups is 1. The zero-order valence-electron chi connectivity index (χ0n) is 13.8. The summed E-state index contributed by atoms with van der Waals surface area (Å²) in [4.78, 5) is 12.3. The summed E-state index contributed by atoms with van der Waals surface area (Å²) in [5, 5.41) is 0. The Labute approximate surface area is 133 Å². The minimum absolute atomic E-state index is 0.0287. The van der Waals surface area contributed by atoms with Gasteiger partial charge in [-0.1, -0.05) is 24.3 Å². The highest BCUT2D eigenvalue weighted by molar-refractivity contribution is 5.75. The van der Waals surface area contributed by atoms with Gasteiger partial charge >= 0.3 is 5.97 Å². The zero-order valence-corrected chi connectivity index (χ0v) is 13.8. The summed E-state index contributed by atoms with van der Waals surface area (Å²) in [6, 6.07) is 8.53. The molecule has 0 saturated heterocycles. The summed E-state index contributed by atoms with van der Waals surface area (Å²) >= 11 is 0. The first-order valence-electron chi connectivity index (χ1n) is 8.35. The largest absolute Gasteiger partial charge is 0.469 e. The number of hydrogen-bond acceptors (Lipinski definition) is 3. The number of rotatable bonds is 4. The lowest BCUT2D eigenvalue weighted by molar-refractivity contribution is -0.148. The van der Waals surface area contributed by atoms with Crippen LogP contribution in [0.25, 0.3) is 0 Å². The predicted molar refractivity (Wildman–Crippen MR) is 87.5 cm³/mol. The molecule has 22 heavy (non-hydrogen) atoms. The van der Waals surface area contributed by atoms with E-state index >= 15 is 0 Å². The second kappa shape index (κ2) is 5.69. The smallest absolute Gasteiger partial charge is 0.309 e. The molecule has 2 aliphatic rings. The number of methoxy groups -OCH3 is 1. The van der Waals surface area contributed by atoms with E-state index in [2.05, 4.69) is 38.1 Å². The number of ether oxygens (including phenoxy) is 1. The molecule has 0 spiro atoms. The zero-order chi connectivity index (χ0) is 15.9. The van der Waals surface area contributed by atoms with E-state index in [1.165, 1.54) is 37.5 Å². The predicted octanol–water partition coefficient (Wildman–Crippen LogP) is 3.27. The van der Waals surface area contributed by atoms with Crippen molar-refractivity contribution in [1.82, 2.24) is 0 Å². The standard InChI is InChI=1S/C19H27NO2/c1-19(2,20)11-14-6-4-5-7-15(14)16-12-8-9-13(10-12)17(16)18(21)22-3/h4-7,12-13,16-17H,8-11,20H2,1-3H3. The molecule has 2 saturated carbocycles. The second-order valence-electron chi connectivity index (χ2n) is 7.77. The summed E-state index contributed by atoms with van der Waals surface area (Å²) in [5.41, 5.74) is 8.61. The molecule has 2 aliphatic carbocycles. The molecule has 0 aromatic heterocycles. The first-order chi connectivity index (χ1) is 10.4. The van der Waals surface area contributed by atoms with Gasteiger partial charge in [-0.25, -0.2) is 0 Å². The maximum absolute atomic E-state index is 12.3. The maximum atomic E-state index is 12.3. The van der Waals surface area contributed by atoms with E-state index in [1.54, 1.807) is 0 Å². The van der Waals surface area contributed by atoms with E-state index in [-0.39, 0.29) is 17.4 Å². The maximum Gasteiger partial charge on any atom is 0.309 e. The van der Waals surface area contributed by atoms with Crippen molar-refractivity contribution in [3.63, 3.8) is 0 Å². The third-order valence-electron chi connectivity index (χ3n) is 5.45. The van der Waals surface area contributed by atoms with Gasteiger partial charge in [-0.2, -0.15) is 0 Å². The number of fused-ring (bicyclic) bond motifs is 2. The Morgan fingerprint density at radius 2 is 1.95 bits per heavy atom. The molecule has 4 atom stereocenters. The van der Waals surface area contributed by atoms with Crippen LogP contribution in [-0.2, 0) is 16.0 Å². The molecule has 4 unspecified atom stereocenters. The molecule has 1 aromatic carbocycles. The van der Waals surface area contributed by atoms with Gasteiger partial charge in [-0.3, -0.25) is 4.79 Å². The van der Waals surface area contributed by atoms with Crippen molar-refractivity contribution in [2.45, 2.75) is 51.0 Å². The first-order valence-corrected chi connectivity index (χ1v) is 8.35. The van der Waals surface area contributed by atoms with Crippen molar-refractivity contribution in [2.75, 3.05) is 7.11 Å². The fourth-order valence-corrected chi connectivity index (χ4v) is 4.73. The number of benzene rings is 1. The van der Waals surface area contributed by atoms with Crippen molar-refractivity contribution in [3.8, 4) is 0 Å². The van der Waals surface area contributed by atoms with Gasteiger partial charge in [-0.15, -0.1) is 0 Å². The van der Waals surface area contributed by atoms with Crippen molar-refractivity contribution in [3.05, 3.63) is 35.4 Å². The van der Waals surface area contributed by atoms with Crippen molar-refractivity contribution in [1.29, 1.82) is 0 Å². The van der Waals surface area contributed by atoms with Gasteiger partial charge in [0.25, 0.3) is 0 Å². The van der Waals surface area contributed by atoms with Crippen LogP contribution in [0.3, 0.4) is 0 Å². The molecule has 3 heteroatoms. The fourth-order valence-electron chi connectivity index (χ4n) is 4.73. The van der Waals surface area contributed by atoms with Crippen LogP contribution in [0, 0.1) is 17.8 Å². The Morgan fingerprint density at radius 1 is 1.27 bits per heavy atom. The summed E-state index contributed by atoms with van der Waals surface area (Å²) in [5.74, 6) is 1.44. The van der Waals surface area contributed by atoms with Crippen LogP contribution < -0.4 is 5.73 Å². The molecule has 120 valence electrons. The third kappa shape index (κ3) is 2.79. The lowest BCUT2D eigenvalue weighted by Crippen LogP contribution is -2.36. The molecule has 0 radical (unpaired) electrons. The molecule has 2 fully saturated rings. The Morgan fingerprint density at radius 3 is 2.64 bits per heavy atom. The van der Waals surface area contributed by atoms with Gasteiger partial charge in [0, 0.05) is 11.5 Å². The van der Waals surface area contributed by atoms with Crippen molar-refractivity contribution >= 4 is 5.97 Å². The van der Waals surface area contributed by atoms with Crippen LogP contribution >= 0.6 is 0 Å². The van der Waals surface area contributed by atoms with Crippen LogP contribution in [0.2, 0.25) is 0 Å². The van der Waals surface area contributed by atoms with Crippen LogP contribution in [0.1, 0.15) is 50.2 Å². The first kappa shape index (κ1) is 15.5. The Hall–Kier alpha value is -1.35. The van der Waals surface area contributed by atoms with Crippen LogP contribution in [-0.4, -0.2) is 18.6 Å². The topological polar surface area (TPSA) is 52.3 Å². The monoisotopic (exact) mass is 301 g/mol. The van der Waals surface area contributed by atoms with E-state index in [1.807, 2.05) is 0 Å². The summed E-state index contributed by atoms with van der Waals surface area (Å²) in [7, 11) is 1.51. The van der Waals surface area contributed by atoms with E-state index in [0.29, 0.717) is 17.8 Å². The normalized spacial score (nSPS) is 30.5. The summed E-state index contributed by atoms with van der Waals surface area (Å²) in [6.07, 6.45) is 4.42. The number of carbonyl (C=O) groups excluding carboxylic acids is 1. The number of esters is 1. The van der Waals surface area contributed by atoms with Crippen molar-refractivity contribution in [2.24, 2.45) is 23.5 Å². The molecular formula is C19H27NO2. The third-order valence-corrected chi connectivity index (χ3v) is 5.45. The van der Waals surface area contributed by atoms with E-state index in [0.717, 1.165) is 6.42 Å². The molecule has 1 aromatic rings. The fraction of sp³-hybridized carbons (Fsp3) is 0.632. The van der Waals surface area contributed by atoms with Crippen LogP contribution in [0.15, 0.2) is 24.3 Å². The molecule has 0 aliphatic heterocycles. The summed E-state index contributed by atoms with van der Waals surface area (Å²) in [6.45, 7) is 4.12. The highest BCUT2D eigenvalue weighted by atomic mass is 16.5. The quantitative estimate of drug-likeness (QED) is 0.868. The molecular weight excluding hydrogens is 274 g/mol. The highest BCUT2D eigenvalue weighted by Crippen LogP contribution is 2.57. The Bertz CT molecular complexity index is 561. The lowest BCUT2D eigenvalue weighted by Gasteiger charge is -2.32. The SMILES string of the molecule is COC(=O)C1C2CCC(C2)C1c1ccccc1CC(C)(C)N. The molecule has 2 bridgehead atoms. The van der Waals surface area contributed by atoms with Gasteiger partial charge in [0.15, 0.2) is 0 Å². The molecule has 2 N–H and O–H groups in total. The second-order valence-corrected chi connectivity index (χ2v) is 7.77. The van der Waals surface area contributed by atoms with Crippen molar-refractivity contribution < 1.29 is 9.53 Å². The lowest BCUT2D eigenvalue weighted by atomic mass is 9.73. The van der Waals surface area contributed by atoms with E-state index in [4.69, 9.17) is 10.5 Å². The minimum Gasteiger partial charge on any atom is -0.469 e. The molecule has 3 rings (SSSR count). The average molecular weight is 301 g/mol. The Balaban J connectivity index is 1.97. The Kier molecular flexibility index (Phi) is 4.02. The van der Waals surface area contributed by atoms with Gasteiger partial charge < -0.3 is 10.5 Å². The number of nitrogens with two attached hydrogens (primary N) is 1. The van der Waals surface area contributed by atoms with Gasteiger partial charge in [0.2, 0.25) is 0 Å². The average Bonchev–Trinajstić information content (AvgIpc) is 3.06. The van der Waals surface area contributed by atoms with Crippen LogP contribution in [0.5, 0.6) is 0 Å². The van der Waals surface area contributed by atoms with Gasteiger partial charge in [-0.05, 0) is 62.5 Å². The molecule has 0 amide bonds. The molecule has 3 nitrogen and oxygen atoms in total. The van der Waals surface area contributed by atoms with Gasteiger partial charge in [0.1, 0.15) is 0 Å². The summed E-state index contributed by atoms with van der Waals surface area (Å²) < 4.78 is 5.12. The van der Waals surface area contributed by atoms with E-state index in [9.17, 15) is 4.79 Å². The number of hydrogen-bond donors (Lipinski definition) is 1. The molecule has 0 heterocycles. The van der Waals surface area contributed by atoms with Crippen LogP contribution in [0.4, 0.5) is 0 Å².